The topological polar surface area (TPSA) is 34.9 Å². The number of hydrogen-bond acceptors (Lipinski definition) is 2. The highest BCUT2D eigenvalue weighted by Crippen LogP contribution is 2.37. The number of fused-ring (bicyclic) bond motifs is 1. The monoisotopic (exact) mass is 220 g/mol. The molecular weight excluding hydrogens is 212 g/mol. The fourth-order valence-corrected chi connectivity index (χ4v) is 2.00. The van der Waals surface area contributed by atoms with E-state index in [0.29, 0.717) is 16.6 Å². The van der Waals surface area contributed by atoms with Crippen LogP contribution in [-0.2, 0) is 0 Å². The molecule has 0 spiro atoms. The molecule has 1 aliphatic carbocycles. The van der Waals surface area contributed by atoms with Gasteiger partial charge < -0.3 is 4.57 Å². The number of hydrogen-bond donors (Lipinski definition) is 0. The van der Waals surface area contributed by atoms with E-state index in [4.69, 9.17) is 11.6 Å². The van der Waals surface area contributed by atoms with Gasteiger partial charge in [0.1, 0.15) is 0 Å². The lowest BCUT2D eigenvalue weighted by atomic mass is 10.2. The molecule has 4 heteroatoms. The highest BCUT2D eigenvalue weighted by atomic mass is 35.5. The van der Waals surface area contributed by atoms with E-state index in [1.807, 2.05) is 12.4 Å². The van der Waals surface area contributed by atoms with Gasteiger partial charge in [0, 0.05) is 11.6 Å². The fraction of sp³-hybridized carbons (Fsp3) is 0.273. The van der Waals surface area contributed by atoms with E-state index < -0.39 is 0 Å². The summed E-state index contributed by atoms with van der Waals surface area (Å²) in [6, 6.07) is 4.13. The van der Waals surface area contributed by atoms with E-state index in [2.05, 4.69) is 9.55 Å². The van der Waals surface area contributed by atoms with Gasteiger partial charge in [-0.25, -0.2) is 4.98 Å². The van der Waals surface area contributed by atoms with Crippen molar-refractivity contribution in [3.05, 3.63) is 29.0 Å². The Bertz CT molecular complexity index is 543. The van der Waals surface area contributed by atoms with Crippen LogP contribution < -0.4 is 0 Å². The second-order valence-electron chi connectivity index (χ2n) is 3.86. The number of halogens is 1. The number of benzene rings is 1. The van der Waals surface area contributed by atoms with E-state index in [-0.39, 0.29) is 0 Å². The Morgan fingerprint density at radius 3 is 2.93 bits per heavy atom. The molecule has 0 amide bonds. The first-order chi connectivity index (χ1) is 7.29. The zero-order valence-corrected chi connectivity index (χ0v) is 8.74. The number of nitrogens with zero attached hydrogens (tertiary/aromatic N) is 2. The summed E-state index contributed by atoms with van der Waals surface area (Å²) < 4.78 is 2.12. The van der Waals surface area contributed by atoms with Gasteiger partial charge >= 0.3 is 0 Å². The summed E-state index contributed by atoms with van der Waals surface area (Å²) in [5, 5.41) is 0.471. The molecule has 1 aromatic carbocycles. The van der Waals surface area contributed by atoms with Gasteiger partial charge in [0.25, 0.3) is 0 Å². The number of rotatable bonds is 2. The van der Waals surface area contributed by atoms with Crippen molar-refractivity contribution >= 4 is 28.9 Å². The van der Waals surface area contributed by atoms with Crippen molar-refractivity contribution < 1.29 is 4.79 Å². The Morgan fingerprint density at radius 1 is 1.47 bits per heavy atom. The molecule has 3 nitrogen and oxygen atoms in total. The summed E-state index contributed by atoms with van der Waals surface area (Å²) >= 11 is 5.93. The lowest BCUT2D eigenvalue weighted by Crippen LogP contribution is -1.91. The summed E-state index contributed by atoms with van der Waals surface area (Å²) in [6.45, 7) is 0. The minimum atomic E-state index is 0.471. The maximum atomic E-state index is 10.8. The lowest BCUT2D eigenvalue weighted by molar-refractivity contribution is 0.112. The largest absolute Gasteiger partial charge is 0.327 e. The second kappa shape index (κ2) is 3.07. The molecule has 0 aliphatic heterocycles. The highest BCUT2D eigenvalue weighted by molar-refractivity contribution is 6.33. The van der Waals surface area contributed by atoms with Crippen LogP contribution >= 0.6 is 11.6 Å². The molecule has 0 unspecified atom stereocenters. The molecule has 1 saturated carbocycles. The van der Waals surface area contributed by atoms with Crippen molar-refractivity contribution in [2.24, 2.45) is 0 Å². The van der Waals surface area contributed by atoms with Gasteiger partial charge in [0.2, 0.25) is 0 Å². The third-order valence-electron chi connectivity index (χ3n) is 2.76. The quantitative estimate of drug-likeness (QED) is 0.730. The molecule has 1 heterocycles. The lowest BCUT2D eigenvalue weighted by Gasteiger charge is -2.02. The number of carbonyl (C=O) groups is 1. The van der Waals surface area contributed by atoms with Crippen LogP contribution in [-0.4, -0.2) is 15.8 Å². The van der Waals surface area contributed by atoms with Crippen LogP contribution in [0.15, 0.2) is 18.5 Å². The predicted molar refractivity (Wildman–Crippen MR) is 58.4 cm³/mol. The minimum absolute atomic E-state index is 0.471. The van der Waals surface area contributed by atoms with Crippen LogP contribution in [0, 0.1) is 0 Å². The first kappa shape index (κ1) is 8.92. The molecule has 3 rings (SSSR count). The molecular formula is C11H9ClN2O. The van der Waals surface area contributed by atoms with Crippen LogP contribution in [0.5, 0.6) is 0 Å². The SMILES string of the molecule is O=Cc1cc2c(cc1Cl)ncn2C1CC1. The van der Waals surface area contributed by atoms with Gasteiger partial charge in [-0.15, -0.1) is 0 Å². The van der Waals surface area contributed by atoms with Crippen molar-refractivity contribution in [1.82, 2.24) is 9.55 Å². The molecule has 0 saturated heterocycles. The Balaban J connectivity index is 2.28. The van der Waals surface area contributed by atoms with Gasteiger partial charge in [0.05, 0.1) is 22.4 Å². The maximum absolute atomic E-state index is 10.8. The van der Waals surface area contributed by atoms with Crippen molar-refractivity contribution in [1.29, 1.82) is 0 Å². The molecule has 1 aromatic heterocycles. The molecule has 1 aliphatic rings. The second-order valence-corrected chi connectivity index (χ2v) is 4.27. The molecule has 2 aromatic rings. The van der Waals surface area contributed by atoms with Gasteiger partial charge in [-0.05, 0) is 25.0 Å². The molecule has 0 atom stereocenters. The third-order valence-corrected chi connectivity index (χ3v) is 3.09. The van der Waals surface area contributed by atoms with Gasteiger partial charge in [-0.2, -0.15) is 0 Å². The highest BCUT2D eigenvalue weighted by Gasteiger charge is 2.25. The summed E-state index contributed by atoms with van der Waals surface area (Å²) in [7, 11) is 0. The van der Waals surface area contributed by atoms with Gasteiger partial charge in [-0.1, -0.05) is 11.6 Å². The van der Waals surface area contributed by atoms with E-state index in [0.717, 1.165) is 17.3 Å². The van der Waals surface area contributed by atoms with Crippen molar-refractivity contribution in [2.75, 3.05) is 0 Å². The first-order valence-electron chi connectivity index (χ1n) is 4.91. The molecule has 0 bridgehead atoms. The number of aldehydes is 1. The Labute approximate surface area is 91.7 Å². The number of carbonyl (C=O) groups excluding carboxylic acids is 1. The Hall–Kier alpha value is -1.35. The summed E-state index contributed by atoms with van der Waals surface area (Å²) in [6.07, 6.45) is 5.01. The summed E-state index contributed by atoms with van der Waals surface area (Å²) in [5.41, 5.74) is 2.40. The Morgan fingerprint density at radius 2 is 2.27 bits per heavy atom. The van der Waals surface area contributed by atoms with Crippen molar-refractivity contribution in [2.45, 2.75) is 18.9 Å². The van der Waals surface area contributed by atoms with E-state index >= 15 is 0 Å². The van der Waals surface area contributed by atoms with Crippen LogP contribution in [0.4, 0.5) is 0 Å². The third kappa shape index (κ3) is 1.35. The van der Waals surface area contributed by atoms with Gasteiger partial charge in [-0.3, -0.25) is 4.79 Å². The molecule has 15 heavy (non-hydrogen) atoms. The summed E-state index contributed by atoms with van der Waals surface area (Å²) in [4.78, 5) is 15.1. The predicted octanol–water partition coefficient (Wildman–Crippen LogP) is 2.84. The van der Waals surface area contributed by atoms with Crippen LogP contribution in [0.25, 0.3) is 11.0 Å². The first-order valence-corrected chi connectivity index (χ1v) is 5.28. The van der Waals surface area contributed by atoms with Crippen molar-refractivity contribution in [3.63, 3.8) is 0 Å². The summed E-state index contributed by atoms with van der Waals surface area (Å²) in [5.74, 6) is 0. The molecule has 0 N–H and O–H groups in total. The molecule has 76 valence electrons. The van der Waals surface area contributed by atoms with Crippen LogP contribution in [0.3, 0.4) is 0 Å². The zero-order valence-electron chi connectivity index (χ0n) is 7.98. The average molecular weight is 221 g/mol. The normalized spacial score (nSPS) is 15.8. The van der Waals surface area contributed by atoms with Crippen molar-refractivity contribution in [3.8, 4) is 0 Å². The standard InChI is InChI=1S/C11H9ClN2O/c12-9-4-10-11(3-7(9)5-15)14(6-13-10)8-1-2-8/h3-6,8H,1-2H2. The molecule has 0 radical (unpaired) electrons. The smallest absolute Gasteiger partial charge is 0.151 e. The number of imidazole rings is 1. The Kier molecular flexibility index (Phi) is 1.83. The maximum Gasteiger partial charge on any atom is 0.151 e. The van der Waals surface area contributed by atoms with E-state index in [1.54, 1.807) is 6.07 Å². The minimum Gasteiger partial charge on any atom is -0.327 e. The average Bonchev–Trinajstić information content (AvgIpc) is 2.99. The van der Waals surface area contributed by atoms with Crippen LogP contribution in [0.1, 0.15) is 29.2 Å². The number of aromatic nitrogens is 2. The fourth-order valence-electron chi connectivity index (χ4n) is 1.80. The van der Waals surface area contributed by atoms with Gasteiger partial charge in [0.15, 0.2) is 6.29 Å². The molecule has 1 fully saturated rings. The van der Waals surface area contributed by atoms with E-state index in [9.17, 15) is 4.79 Å². The van der Waals surface area contributed by atoms with Crippen LogP contribution in [0.2, 0.25) is 5.02 Å². The zero-order chi connectivity index (χ0) is 10.4. The van der Waals surface area contributed by atoms with E-state index in [1.165, 1.54) is 12.8 Å².